The SMILES string of the molecule is CCN(CC)C(=O)c1cccc(NC(=O)COC(=O)CCC(=O)c2cccs2)c1. The number of carbonyl (C=O) groups is 4. The van der Waals surface area contributed by atoms with Crippen LogP contribution in [0.5, 0.6) is 0 Å². The van der Waals surface area contributed by atoms with Crippen molar-refractivity contribution in [1.29, 1.82) is 0 Å². The highest BCUT2D eigenvalue weighted by Crippen LogP contribution is 2.14. The van der Waals surface area contributed by atoms with Crippen molar-refractivity contribution in [3.8, 4) is 0 Å². The predicted molar refractivity (Wildman–Crippen MR) is 111 cm³/mol. The van der Waals surface area contributed by atoms with E-state index in [0.29, 0.717) is 29.2 Å². The minimum absolute atomic E-state index is 0.0382. The highest BCUT2D eigenvalue weighted by Gasteiger charge is 2.15. The van der Waals surface area contributed by atoms with Crippen LogP contribution in [-0.2, 0) is 14.3 Å². The lowest BCUT2D eigenvalue weighted by Crippen LogP contribution is -2.30. The van der Waals surface area contributed by atoms with Crippen LogP contribution in [0.1, 0.15) is 46.7 Å². The van der Waals surface area contributed by atoms with Crippen molar-refractivity contribution < 1.29 is 23.9 Å². The number of nitrogens with one attached hydrogen (secondary N) is 1. The van der Waals surface area contributed by atoms with E-state index >= 15 is 0 Å². The number of nitrogens with zero attached hydrogens (tertiary/aromatic N) is 1. The molecule has 0 bridgehead atoms. The number of thiophene rings is 1. The quantitative estimate of drug-likeness (QED) is 0.473. The summed E-state index contributed by atoms with van der Waals surface area (Å²) in [6.45, 7) is 4.53. The second-order valence-corrected chi connectivity index (χ2v) is 7.12. The van der Waals surface area contributed by atoms with Gasteiger partial charge in [-0.15, -0.1) is 11.3 Å². The molecule has 0 atom stereocenters. The maximum Gasteiger partial charge on any atom is 0.306 e. The normalized spacial score (nSPS) is 10.3. The average molecular weight is 416 g/mol. The summed E-state index contributed by atoms with van der Waals surface area (Å²) in [6.07, 6.45) is -0.0473. The molecular formula is C21H24N2O5S. The number of benzene rings is 1. The van der Waals surface area contributed by atoms with Crippen molar-refractivity contribution in [1.82, 2.24) is 4.90 Å². The predicted octanol–water partition coefficient (Wildman–Crippen LogP) is 3.37. The van der Waals surface area contributed by atoms with Crippen LogP contribution in [0.15, 0.2) is 41.8 Å². The Hall–Kier alpha value is -3.00. The summed E-state index contributed by atoms with van der Waals surface area (Å²) in [7, 11) is 0. The lowest BCUT2D eigenvalue weighted by atomic mass is 10.1. The number of ketones is 1. The standard InChI is InChI=1S/C21H24N2O5S/c1-3-23(4-2)21(27)15-7-5-8-16(13-15)22-19(25)14-28-20(26)11-10-17(24)18-9-6-12-29-18/h5-9,12-13H,3-4,10-11,14H2,1-2H3,(H,22,25). The first-order chi connectivity index (χ1) is 13.9. The second kappa shape index (κ2) is 11.1. The van der Waals surface area contributed by atoms with Crippen LogP contribution in [0.3, 0.4) is 0 Å². The number of esters is 1. The molecule has 0 spiro atoms. The van der Waals surface area contributed by atoms with Gasteiger partial charge >= 0.3 is 5.97 Å². The number of rotatable bonds is 10. The third kappa shape index (κ3) is 6.83. The lowest BCUT2D eigenvalue weighted by molar-refractivity contribution is -0.147. The fraction of sp³-hybridized carbons (Fsp3) is 0.333. The summed E-state index contributed by atoms with van der Waals surface area (Å²) in [6, 6.07) is 10.1. The largest absolute Gasteiger partial charge is 0.456 e. The molecule has 0 unspecified atom stereocenters. The molecule has 0 aliphatic heterocycles. The van der Waals surface area contributed by atoms with Gasteiger partial charge in [0.1, 0.15) is 0 Å². The summed E-state index contributed by atoms with van der Waals surface area (Å²) in [5.41, 5.74) is 0.910. The number of ether oxygens (including phenoxy) is 1. The van der Waals surface area contributed by atoms with Crippen LogP contribution in [-0.4, -0.2) is 48.2 Å². The maximum absolute atomic E-state index is 12.4. The molecule has 1 heterocycles. The van der Waals surface area contributed by atoms with Gasteiger partial charge in [0.2, 0.25) is 0 Å². The Balaban J connectivity index is 1.80. The number of hydrogen-bond donors (Lipinski definition) is 1. The molecular weight excluding hydrogens is 392 g/mol. The van der Waals surface area contributed by atoms with Crippen molar-refractivity contribution in [2.45, 2.75) is 26.7 Å². The minimum atomic E-state index is -0.615. The highest BCUT2D eigenvalue weighted by molar-refractivity contribution is 7.12. The molecule has 2 aromatic rings. The Morgan fingerprint density at radius 2 is 1.79 bits per heavy atom. The van der Waals surface area contributed by atoms with E-state index in [1.807, 2.05) is 13.8 Å². The summed E-state index contributed by atoms with van der Waals surface area (Å²) in [5.74, 6) is -1.38. The number of amides is 2. The molecule has 0 fully saturated rings. The second-order valence-electron chi connectivity index (χ2n) is 6.17. The van der Waals surface area contributed by atoms with Gasteiger partial charge in [0, 0.05) is 30.8 Å². The molecule has 29 heavy (non-hydrogen) atoms. The molecule has 1 aromatic heterocycles. The molecule has 0 saturated heterocycles. The average Bonchev–Trinajstić information content (AvgIpc) is 3.26. The molecule has 0 aliphatic carbocycles. The van der Waals surface area contributed by atoms with Crippen molar-refractivity contribution in [3.63, 3.8) is 0 Å². The molecule has 0 radical (unpaired) electrons. The van der Waals surface area contributed by atoms with Crippen molar-refractivity contribution in [2.75, 3.05) is 25.0 Å². The van der Waals surface area contributed by atoms with E-state index in [0.717, 1.165) is 0 Å². The zero-order valence-electron chi connectivity index (χ0n) is 16.5. The van der Waals surface area contributed by atoms with Gasteiger partial charge in [0.15, 0.2) is 12.4 Å². The van der Waals surface area contributed by atoms with Crippen LogP contribution in [0.25, 0.3) is 0 Å². The molecule has 154 valence electrons. The maximum atomic E-state index is 12.4. The zero-order valence-corrected chi connectivity index (χ0v) is 17.3. The van der Waals surface area contributed by atoms with E-state index in [2.05, 4.69) is 5.32 Å². The third-order valence-corrected chi connectivity index (χ3v) is 5.07. The van der Waals surface area contributed by atoms with Crippen molar-refractivity contribution in [3.05, 3.63) is 52.2 Å². The summed E-state index contributed by atoms with van der Waals surface area (Å²) < 4.78 is 4.92. The molecule has 2 rings (SSSR count). The van der Waals surface area contributed by atoms with Gasteiger partial charge in [-0.3, -0.25) is 19.2 Å². The van der Waals surface area contributed by atoms with Gasteiger partial charge in [0.05, 0.1) is 11.3 Å². The summed E-state index contributed by atoms with van der Waals surface area (Å²) in [5, 5.41) is 4.39. The molecule has 1 aromatic carbocycles. The third-order valence-electron chi connectivity index (χ3n) is 4.16. The summed E-state index contributed by atoms with van der Waals surface area (Å²) in [4.78, 5) is 50.3. The molecule has 1 N–H and O–H groups in total. The van der Waals surface area contributed by atoms with Crippen LogP contribution in [0.2, 0.25) is 0 Å². The first-order valence-electron chi connectivity index (χ1n) is 9.36. The first kappa shape index (κ1) is 22.3. The van der Waals surface area contributed by atoms with E-state index < -0.39 is 18.5 Å². The van der Waals surface area contributed by atoms with Gasteiger partial charge in [-0.2, -0.15) is 0 Å². The molecule has 8 heteroatoms. The number of anilines is 1. The monoisotopic (exact) mass is 416 g/mol. The van der Waals surface area contributed by atoms with Crippen LogP contribution in [0.4, 0.5) is 5.69 Å². The molecule has 0 saturated carbocycles. The number of hydrogen-bond acceptors (Lipinski definition) is 6. The van der Waals surface area contributed by atoms with E-state index in [1.165, 1.54) is 11.3 Å². The Morgan fingerprint density at radius 1 is 1.03 bits per heavy atom. The van der Waals surface area contributed by atoms with Gasteiger partial charge < -0.3 is 15.0 Å². The van der Waals surface area contributed by atoms with E-state index in [4.69, 9.17) is 4.74 Å². The Kier molecular flexibility index (Phi) is 8.54. The zero-order chi connectivity index (χ0) is 21.2. The first-order valence-corrected chi connectivity index (χ1v) is 10.2. The molecule has 2 amide bonds. The molecule has 7 nitrogen and oxygen atoms in total. The van der Waals surface area contributed by atoms with E-state index in [1.54, 1.807) is 46.7 Å². The highest BCUT2D eigenvalue weighted by atomic mass is 32.1. The van der Waals surface area contributed by atoms with Crippen LogP contribution in [0, 0.1) is 0 Å². The minimum Gasteiger partial charge on any atom is -0.456 e. The van der Waals surface area contributed by atoms with Crippen molar-refractivity contribution in [2.24, 2.45) is 0 Å². The Bertz CT molecular complexity index is 860. The summed E-state index contributed by atoms with van der Waals surface area (Å²) >= 11 is 1.32. The van der Waals surface area contributed by atoms with Gasteiger partial charge in [-0.05, 0) is 43.5 Å². The fourth-order valence-corrected chi connectivity index (χ4v) is 3.31. The van der Waals surface area contributed by atoms with Crippen molar-refractivity contribution >= 4 is 40.6 Å². The van der Waals surface area contributed by atoms with Gasteiger partial charge in [-0.1, -0.05) is 12.1 Å². The molecule has 0 aliphatic rings. The topological polar surface area (TPSA) is 92.8 Å². The Morgan fingerprint density at radius 3 is 2.45 bits per heavy atom. The number of carbonyl (C=O) groups excluding carboxylic acids is 4. The van der Waals surface area contributed by atoms with E-state index in [9.17, 15) is 19.2 Å². The van der Waals surface area contributed by atoms with E-state index in [-0.39, 0.29) is 24.5 Å². The smallest absolute Gasteiger partial charge is 0.306 e. The van der Waals surface area contributed by atoms with Crippen LogP contribution < -0.4 is 5.32 Å². The number of Topliss-reactive ketones (excluding diaryl/α,β-unsaturated/α-hetero) is 1. The lowest BCUT2D eigenvalue weighted by Gasteiger charge is -2.19. The Labute approximate surface area is 173 Å². The van der Waals surface area contributed by atoms with Gasteiger partial charge in [0.25, 0.3) is 11.8 Å². The van der Waals surface area contributed by atoms with Gasteiger partial charge in [-0.25, -0.2) is 0 Å². The fourth-order valence-electron chi connectivity index (χ4n) is 2.61. The van der Waals surface area contributed by atoms with Crippen LogP contribution >= 0.6 is 11.3 Å².